The zero-order valence-electron chi connectivity index (χ0n) is 19.1. The molecule has 0 spiro atoms. The number of amides is 1. The topological polar surface area (TPSA) is 60.5 Å². The molecule has 5 rings (SSSR count). The summed E-state index contributed by atoms with van der Waals surface area (Å²) in [6, 6.07) is 8.99. The largest absolute Gasteiger partial charge is 0.353 e. The third-order valence-electron chi connectivity index (χ3n) is 7.79. The van der Waals surface area contributed by atoms with Gasteiger partial charge in [0.05, 0.1) is 4.70 Å². The molecule has 0 unspecified atom stereocenters. The first-order valence-corrected chi connectivity index (χ1v) is 13.4. The molecule has 174 valence electrons. The van der Waals surface area contributed by atoms with Gasteiger partial charge in [0, 0.05) is 43.5 Å². The minimum absolute atomic E-state index is 0.231. The van der Waals surface area contributed by atoms with Crippen molar-refractivity contribution in [2.24, 2.45) is 11.8 Å². The number of carbonyl (C=O) groups is 1. The van der Waals surface area contributed by atoms with E-state index in [4.69, 9.17) is 4.37 Å². The first-order chi connectivity index (χ1) is 15.8. The van der Waals surface area contributed by atoms with Crippen molar-refractivity contribution in [1.82, 2.24) is 19.9 Å². The molecule has 3 fully saturated rings. The molecular weight excluding hydrogens is 418 g/mol. The van der Waals surface area contributed by atoms with Crippen molar-refractivity contribution in [3.63, 3.8) is 0 Å². The Morgan fingerprint density at radius 2 is 1.78 bits per heavy atom. The van der Waals surface area contributed by atoms with Crippen LogP contribution in [0.1, 0.15) is 44.9 Å². The lowest BCUT2D eigenvalue weighted by Gasteiger charge is -2.36. The minimum atomic E-state index is 0.231. The van der Waals surface area contributed by atoms with Gasteiger partial charge >= 0.3 is 0 Å². The number of rotatable bonds is 6. The Kier molecular flexibility index (Phi) is 7.25. The van der Waals surface area contributed by atoms with Crippen LogP contribution in [0.15, 0.2) is 24.3 Å². The summed E-state index contributed by atoms with van der Waals surface area (Å²) < 4.78 is 6.02. The fourth-order valence-electron chi connectivity index (χ4n) is 5.65. The molecule has 2 saturated heterocycles. The fraction of sp³-hybridized carbons (Fsp3) is 0.680. The minimum Gasteiger partial charge on any atom is -0.353 e. The summed E-state index contributed by atoms with van der Waals surface area (Å²) in [5.74, 6) is 2.54. The van der Waals surface area contributed by atoms with E-state index in [9.17, 15) is 4.79 Å². The zero-order chi connectivity index (χ0) is 21.8. The number of nitrogens with zero attached hydrogens (tertiary/aromatic N) is 3. The maximum absolute atomic E-state index is 12.5. The van der Waals surface area contributed by atoms with E-state index >= 15 is 0 Å². The SMILES string of the molecule is O=C(NC1CCC(CCN2CCN(c3nsc4ccccc34)CC2)CC1)C1CCNCC1. The maximum atomic E-state index is 12.5. The number of hydrogen-bond donors (Lipinski definition) is 2. The van der Waals surface area contributed by atoms with E-state index in [0.717, 1.165) is 70.9 Å². The van der Waals surface area contributed by atoms with Crippen LogP contribution in [0.4, 0.5) is 5.82 Å². The van der Waals surface area contributed by atoms with Crippen LogP contribution in [-0.4, -0.2) is 67.0 Å². The van der Waals surface area contributed by atoms with Gasteiger partial charge in [0.15, 0.2) is 0 Å². The molecule has 2 aromatic rings. The second kappa shape index (κ2) is 10.5. The average molecular weight is 456 g/mol. The molecule has 3 aliphatic rings. The van der Waals surface area contributed by atoms with Crippen molar-refractivity contribution >= 4 is 33.3 Å². The van der Waals surface area contributed by atoms with Crippen LogP contribution in [-0.2, 0) is 4.79 Å². The molecule has 0 radical (unpaired) electrons. The number of piperazine rings is 1. The first-order valence-electron chi connectivity index (χ1n) is 12.6. The van der Waals surface area contributed by atoms with Crippen LogP contribution in [0.2, 0.25) is 0 Å². The predicted molar refractivity (Wildman–Crippen MR) is 132 cm³/mol. The van der Waals surface area contributed by atoms with E-state index in [1.54, 1.807) is 11.5 Å². The van der Waals surface area contributed by atoms with E-state index in [1.165, 1.54) is 41.7 Å². The molecule has 6 nitrogen and oxygen atoms in total. The Morgan fingerprint density at radius 1 is 1.03 bits per heavy atom. The normalized spacial score (nSPS) is 25.8. The first kappa shape index (κ1) is 22.1. The summed E-state index contributed by atoms with van der Waals surface area (Å²) in [5.41, 5.74) is 0. The molecule has 1 aromatic carbocycles. The van der Waals surface area contributed by atoms with Gasteiger partial charge in [-0.05, 0) is 94.2 Å². The zero-order valence-corrected chi connectivity index (χ0v) is 19.9. The van der Waals surface area contributed by atoms with Gasteiger partial charge in [-0.1, -0.05) is 12.1 Å². The molecule has 32 heavy (non-hydrogen) atoms. The highest BCUT2D eigenvalue weighted by molar-refractivity contribution is 7.13. The molecule has 3 heterocycles. The van der Waals surface area contributed by atoms with Crippen LogP contribution in [0.5, 0.6) is 0 Å². The number of anilines is 1. The van der Waals surface area contributed by atoms with Crippen molar-refractivity contribution in [2.75, 3.05) is 50.7 Å². The number of carbonyl (C=O) groups excluding carboxylic acids is 1. The fourth-order valence-corrected chi connectivity index (χ4v) is 6.44. The standard InChI is InChI=1S/C25H37N5OS/c31-25(20-9-12-26-13-10-20)27-21-7-5-19(6-8-21)11-14-29-15-17-30(18-16-29)24-22-3-1-2-4-23(22)32-28-24/h1-4,19-21,26H,5-18H2,(H,27,31). The molecule has 1 aliphatic carbocycles. The third kappa shape index (κ3) is 5.26. The van der Waals surface area contributed by atoms with Gasteiger partial charge in [-0.3, -0.25) is 9.69 Å². The van der Waals surface area contributed by atoms with Gasteiger partial charge in [-0.15, -0.1) is 0 Å². The van der Waals surface area contributed by atoms with Crippen LogP contribution >= 0.6 is 11.5 Å². The van der Waals surface area contributed by atoms with Crippen LogP contribution < -0.4 is 15.5 Å². The van der Waals surface area contributed by atoms with Gasteiger partial charge in [-0.25, -0.2) is 0 Å². The number of fused-ring (bicyclic) bond motifs is 1. The highest BCUT2D eigenvalue weighted by Crippen LogP contribution is 2.31. The van der Waals surface area contributed by atoms with Crippen LogP contribution in [0, 0.1) is 11.8 Å². The quantitative estimate of drug-likeness (QED) is 0.698. The summed E-state index contributed by atoms with van der Waals surface area (Å²) in [7, 11) is 0. The molecular formula is C25H37N5OS. The van der Waals surface area contributed by atoms with E-state index in [1.807, 2.05) is 0 Å². The second-order valence-electron chi connectivity index (χ2n) is 9.87. The highest BCUT2D eigenvalue weighted by atomic mass is 32.1. The highest BCUT2D eigenvalue weighted by Gasteiger charge is 2.27. The lowest BCUT2D eigenvalue weighted by Crippen LogP contribution is -2.47. The molecule has 1 aromatic heterocycles. The molecule has 7 heteroatoms. The van der Waals surface area contributed by atoms with Crippen molar-refractivity contribution in [2.45, 2.75) is 51.0 Å². The van der Waals surface area contributed by atoms with Crippen molar-refractivity contribution in [3.05, 3.63) is 24.3 Å². The lowest BCUT2D eigenvalue weighted by molar-refractivity contribution is -0.126. The Labute approximate surface area is 195 Å². The monoisotopic (exact) mass is 455 g/mol. The maximum Gasteiger partial charge on any atom is 0.223 e. The number of piperidine rings is 1. The molecule has 1 amide bonds. The lowest BCUT2D eigenvalue weighted by atomic mass is 9.83. The predicted octanol–water partition coefficient (Wildman–Crippen LogP) is 3.48. The number of nitrogens with one attached hydrogen (secondary N) is 2. The number of benzene rings is 1. The van der Waals surface area contributed by atoms with Gasteiger partial charge in [0.25, 0.3) is 0 Å². The molecule has 2 N–H and O–H groups in total. The van der Waals surface area contributed by atoms with E-state index in [-0.39, 0.29) is 5.92 Å². The summed E-state index contributed by atoms with van der Waals surface area (Å²) in [4.78, 5) is 17.6. The Bertz CT molecular complexity index is 879. The summed E-state index contributed by atoms with van der Waals surface area (Å²) >= 11 is 1.61. The van der Waals surface area contributed by atoms with Gasteiger partial charge < -0.3 is 15.5 Å². The van der Waals surface area contributed by atoms with Crippen LogP contribution in [0.25, 0.3) is 10.1 Å². The Hall–Kier alpha value is -1.70. The summed E-state index contributed by atoms with van der Waals surface area (Å²) in [6.45, 7) is 7.59. The average Bonchev–Trinajstić information content (AvgIpc) is 3.29. The van der Waals surface area contributed by atoms with Crippen molar-refractivity contribution in [3.8, 4) is 0 Å². The van der Waals surface area contributed by atoms with Gasteiger partial charge in [-0.2, -0.15) is 4.37 Å². The van der Waals surface area contributed by atoms with Gasteiger partial charge in [0.1, 0.15) is 5.82 Å². The smallest absolute Gasteiger partial charge is 0.223 e. The van der Waals surface area contributed by atoms with Crippen molar-refractivity contribution < 1.29 is 4.79 Å². The molecule has 1 saturated carbocycles. The Balaban J connectivity index is 1.01. The van der Waals surface area contributed by atoms with Crippen molar-refractivity contribution in [1.29, 1.82) is 0 Å². The molecule has 0 bridgehead atoms. The number of aromatic nitrogens is 1. The summed E-state index contributed by atoms with van der Waals surface area (Å²) in [5, 5.41) is 8.01. The molecule has 0 atom stereocenters. The van der Waals surface area contributed by atoms with E-state index in [0.29, 0.717) is 11.9 Å². The second-order valence-corrected chi connectivity index (χ2v) is 10.7. The van der Waals surface area contributed by atoms with E-state index < -0.39 is 0 Å². The van der Waals surface area contributed by atoms with Gasteiger partial charge in [0.2, 0.25) is 5.91 Å². The Morgan fingerprint density at radius 3 is 2.56 bits per heavy atom. The third-order valence-corrected chi connectivity index (χ3v) is 8.60. The molecule has 2 aliphatic heterocycles. The summed E-state index contributed by atoms with van der Waals surface area (Å²) in [6.07, 6.45) is 8.14. The van der Waals surface area contributed by atoms with E-state index in [2.05, 4.69) is 44.7 Å². The number of hydrogen-bond acceptors (Lipinski definition) is 6. The van der Waals surface area contributed by atoms with Crippen LogP contribution in [0.3, 0.4) is 0 Å².